The van der Waals surface area contributed by atoms with Crippen molar-refractivity contribution < 1.29 is 0 Å². The van der Waals surface area contributed by atoms with Crippen LogP contribution < -0.4 is 10.2 Å². The van der Waals surface area contributed by atoms with Crippen LogP contribution in [0.1, 0.15) is 49.3 Å². The van der Waals surface area contributed by atoms with Gasteiger partial charge in [0.2, 0.25) is 0 Å². The maximum Gasteiger partial charge on any atom is 0.141 e. The SMILES string of the molecule is CC[C@@H](NC1CCN(c2nc(C)nc3sccc23)CC1)c1ccc(C)cn1. The van der Waals surface area contributed by atoms with Gasteiger partial charge in [0.05, 0.1) is 11.1 Å². The predicted molar refractivity (Wildman–Crippen MR) is 113 cm³/mol. The number of pyridine rings is 1. The Bertz CT molecular complexity index is 897. The zero-order valence-corrected chi connectivity index (χ0v) is 17.1. The van der Waals surface area contributed by atoms with Gasteiger partial charge < -0.3 is 10.2 Å². The topological polar surface area (TPSA) is 53.9 Å². The minimum absolute atomic E-state index is 0.326. The molecule has 0 aliphatic carbocycles. The molecule has 0 saturated carbocycles. The van der Waals surface area contributed by atoms with Crippen LogP contribution in [0.4, 0.5) is 5.82 Å². The van der Waals surface area contributed by atoms with E-state index in [9.17, 15) is 0 Å². The Kier molecular flexibility index (Phi) is 5.36. The van der Waals surface area contributed by atoms with Crippen molar-refractivity contribution in [2.24, 2.45) is 0 Å². The summed E-state index contributed by atoms with van der Waals surface area (Å²) in [6.07, 6.45) is 5.26. The molecule has 4 heterocycles. The standard InChI is InChI=1S/C21H27N5S/c1-4-18(19-6-5-14(2)13-22-19)25-16-7-10-26(11-8-16)20-17-9-12-27-21(17)24-15(3)23-20/h5-6,9,12-13,16,18,25H,4,7-8,10-11H2,1-3H3/t18-/m1/s1. The minimum atomic E-state index is 0.326. The van der Waals surface area contributed by atoms with Crippen molar-refractivity contribution in [3.63, 3.8) is 0 Å². The third-order valence-electron chi connectivity index (χ3n) is 5.35. The second-order valence-corrected chi connectivity index (χ2v) is 8.28. The van der Waals surface area contributed by atoms with Crippen LogP contribution in [0.25, 0.3) is 10.2 Å². The first-order chi connectivity index (χ1) is 13.1. The summed E-state index contributed by atoms with van der Waals surface area (Å²) in [6.45, 7) is 8.34. The van der Waals surface area contributed by atoms with Gasteiger partial charge in [-0.1, -0.05) is 13.0 Å². The maximum atomic E-state index is 4.75. The van der Waals surface area contributed by atoms with Crippen LogP contribution in [0.15, 0.2) is 29.8 Å². The summed E-state index contributed by atoms with van der Waals surface area (Å²) in [5.74, 6) is 1.96. The molecule has 3 aromatic heterocycles. The Morgan fingerprint density at radius 3 is 2.70 bits per heavy atom. The highest BCUT2D eigenvalue weighted by Gasteiger charge is 2.24. The molecule has 5 nitrogen and oxygen atoms in total. The molecule has 27 heavy (non-hydrogen) atoms. The van der Waals surface area contributed by atoms with Gasteiger partial charge in [0, 0.05) is 31.4 Å². The van der Waals surface area contributed by atoms with E-state index in [-0.39, 0.29) is 0 Å². The quantitative estimate of drug-likeness (QED) is 0.709. The molecular formula is C21H27N5S. The second-order valence-electron chi connectivity index (χ2n) is 7.38. The van der Waals surface area contributed by atoms with Crippen molar-refractivity contribution in [3.8, 4) is 0 Å². The van der Waals surface area contributed by atoms with Crippen LogP contribution in [0.3, 0.4) is 0 Å². The van der Waals surface area contributed by atoms with Gasteiger partial charge in [-0.25, -0.2) is 9.97 Å². The van der Waals surface area contributed by atoms with Gasteiger partial charge in [0.25, 0.3) is 0 Å². The lowest BCUT2D eigenvalue weighted by atomic mass is 10.0. The molecule has 6 heteroatoms. The molecule has 4 rings (SSSR count). The molecule has 0 amide bonds. The maximum absolute atomic E-state index is 4.75. The average molecular weight is 382 g/mol. The van der Waals surface area contributed by atoms with Gasteiger partial charge in [-0.05, 0) is 56.2 Å². The van der Waals surface area contributed by atoms with Crippen molar-refractivity contribution in [1.82, 2.24) is 20.3 Å². The summed E-state index contributed by atoms with van der Waals surface area (Å²) < 4.78 is 0. The number of rotatable bonds is 5. The first kappa shape index (κ1) is 18.3. The van der Waals surface area contributed by atoms with Gasteiger partial charge in [-0.15, -0.1) is 11.3 Å². The van der Waals surface area contributed by atoms with Crippen LogP contribution >= 0.6 is 11.3 Å². The molecule has 142 valence electrons. The summed E-state index contributed by atoms with van der Waals surface area (Å²) in [4.78, 5) is 17.4. The summed E-state index contributed by atoms with van der Waals surface area (Å²) in [7, 11) is 0. The normalized spacial score (nSPS) is 16.8. The lowest BCUT2D eigenvalue weighted by Gasteiger charge is -2.35. The van der Waals surface area contributed by atoms with Crippen LogP contribution in [0, 0.1) is 13.8 Å². The van der Waals surface area contributed by atoms with E-state index in [0.717, 1.165) is 54.5 Å². The van der Waals surface area contributed by atoms with Crippen LogP contribution in [-0.4, -0.2) is 34.1 Å². The Hall–Kier alpha value is -2.05. The fraction of sp³-hybridized carbons (Fsp3) is 0.476. The Balaban J connectivity index is 1.42. The number of nitrogens with one attached hydrogen (secondary N) is 1. The second kappa shape index (κ2) is 7.90. The van der Waals surface area contributed by atoms with E-state index < -0.39 is 0 Å². The largest absolute Gasteiger partial charge is 0.356 e. The van der Waals surface area contributed by atoms with E-state index in [0.29, 0.717) is 12.1 Å². The van der Waals surface area contributed by atoms with E-state index in [1.54, 1.807) is 11.3 Å². The molecular weight excluding hydrogens is 354 g/mol. The van der Waals surface area contributed by atoms with Crippen molar-refractivity contribution in [2.75, 3.05) is 18.0 Å². The molecule has 0 unspecified atom stereocenters. The number of hydrogen-bond donors (Lipinski definition) is 1. The average Bonchev–Trinajstić information content (AvgIpc) is 3.15. The first-order valence-corrected chi connectivity index (χ1v) is 10.7. The van der Waals surface area contributed by atoms with Gasteiger partial charge in [-0.2, -0.15) is 0 Å². The van der Waals surface area contributed by atoms with E-state index in [4.69, 9.17) is 4.98 Å². The smallest absolute Gasteiger partial charge is 0.141 e. The van der Waals surface area contributed by atoms with E-state index in [1.165, 1.54) is 10.9 Å². The number of aryl methyl sites for hydroxylation is 2. The van der Waals surface area contributed by atoms with Crippen molar-refractivity contribution in [1.29, 1.82) is 0 Å². The minimum Gasteiger partial charge on any atom is -0.356 e. The monoisotopic (exact) mass is 381 g/mol. The number of thiophene rings is 1. The highest BCUT2D eigenvalue weighted by Crippen LogP contribution is 2.30. The molecule has 1 fully saturated rings. The molecule has 1 N–H and O–H groups in total. The van der Waals surface area contributed by atoms with Crippen molar-refractivity contribution in [3.05, 3.63) is 46.9 Å². The van der Waals surface area contributed by atoms with E-state index in [1.807, 2.05) is 13.1 Å². The summed E-state index contributed by atoms with van der Waals surface area (Å²) in [5.41, 5.74) is 2.36. The summed E-state index contributed by atoms with van der Waals surface area (Å²) in [6, 6.07) is 7.30. The van der Waals surface area contributed by atoms with E-state index in [2.05, 4.69) is 57.6 Å². The van der Waals surface area contributed by atoms with Crippen molar-refractivity contribution >= 4 is 27.4 Å². The van der Waals surface area contributed by atoms with Crippen LogP contribution in [-0.2, 0) is 0 Å². The number of anilines is 1. The number of piperidine rings is 1. The molecule has 1 atom stereocenters. The summed E-state index contributed by atoms with van der Waals surface area (Å²) in [5, 5.41) is 7.13. The van der Waals surface area contributed by atoms with Gasteiger partial charge in [0.1, 0.15) is 16.5 Å². The Morgan fingerprint density at radius 2 is 2.00 bits per heavy atom. The van der Waals surface area contributed by atoms with Gasteiger partial charge in [-0.3, -0.25) is 4.98 Å². The van der Waals surface area contributed by atoms with Crippen LogP contribution in [0.2, 0.25) is 0 Å². The third-order valence-corrected chi connectivity index (χ3v) is 6.15. The molecule has 0 bridgehead atoms. The molecule has 0 aromatic carbocycles. The number of hydrogen-bond acceptors (Lipinski definition) is 6. The lowest BCUT2D eigenvalue weighted by molar-refractivity contribution is 0.360. The fourth-order valence-corrected chi connectivity index (χ4v) is 4.63. The molecule has 1 aliphatic rings. The zero-order valence-electron chi connectivity index (χ0n) is 16.3. The van der Waals surface area contributed by atoms with Gasteiger partial charge in [0.15, 0.2) is 0 Å². The number of fused-ring (bicyclic) bond motifs is 1. The lowest BCUT2D eigenvalue weighted by Crippen LogP contribution is -2.44. The summed E-state index contributed by atoms with van der Waals surface area (Å²) >= 11 is 1.69. The third kappa shape index (κ3) is 3.96. The van der Waals surface area contributed by atoms with E-state index >= 15 is 0 Å². The molecule has 0 radical (unpaired) electrons. The fourth-order valence-electron chi connectivity index (χ4n) is 3.82. The first-order valence-electron chi connectivity index (χ1n) is 9.79. The van der Waals surface area contributed by atoms with Crippen LogP contribution in [0.5, 0.6) is 0 Å². The molecule has 1 saturated heterocycles. The Labute approximate surface area is 164 Å². The predicted octanol–water partition coefficient (Wildman–Crippen LogP) is 4.41. The van der Waals surface area contributed by atoms with Crippen molar-refractivity contribution in [2.45, 2.75) is 52.1 Å². The zero-order chi connectivity index (χ0) is 18.8. The highest BCUT2D eigenvalue weighted by molar-refractivity contribution is 7.16. The number of aromatic nitrogens is 3. The number of nitrogens with zero attached hydrogens (tertiary/aromatic N) is 4. The molecule has 0 spiro atoms. The molecule has 3 aromatic rings. The Morgan fingerprint density at radius 1 is 1.19 bits per heavy atom. The van der Waals surface area contributed by atoms with Gasteiger partial charge >= 0.3 is 0 Å². The highest BCUT2D eigenvalue weighted by atomic mass is 32.1. The molecule has 1 aliphatic heterocycles.